The highest BCUT2D eigenvalue weighted by Gasteiger charge is 2.12. The molecule has 0 aromatic heterocycles. The molecule has 3 nitrogen and oxygen atoms in total. The van der Waals surface area contributed by atoms with Gasteiger partial charge in [-0.05, 0) is 20.0 Å². The standard InChI is InChI=1S/C8H17NO2/c1-5-8(9(4)6-2)11-7(3)10/h8H,5-6H2,1-4H3. The van der Waals surface area contributed by atoms with E-state index in [1.807, 2.05) is 25.8 Å². The molecule has 0 N–H and O–H groups in total. The van der Waals surface area contributed by atoms with Crippen LogP contribution in [-0.4, -0.2) is 30.7 Å². The van der Waals surface area contributed by atoms with Crippen molar-refractivity contribution in [1.29, 1.82) is 0 Å². The molecule has 0 aliphatic rings. The Labute approximate surface area is 68.3 Å². The van der Waals surface area contributed by atoms with Crippen molar-refractivity contribution < 1.29 is 9.53 Å². The minimum absolute atomic E-state index is 0.0579. The highest BCUT2D eigenvalue weighted by molar-refractivity contribution is 5.66. The van der Waals surface area contributed by atoms with Crippen LogP contribution in [0.15, 0.2) is 0 Å². The molecule has 1 unspecified atom stereocenters. The average molecular weight is 159 g/mol. The lowest BCUT2D eigenvalue weighted by atomic mass is 10.4. The Morgan fingerprint density at radius 3 is 2.36 bits per heavy atom. The number of carbonyl (C=O) groups is 1. The summed E-state index contributed by atoms with van der Waals surface area (Å²) in [6, 6.07) is 0. The number of carbonyl (C=O) groups excluding carboxylic acids is 1. The normalized spacial score (nSPS) is 13.2. The molecule has 0 fully saturated rings. The number of ether oxygens (including phenoxy) is 1. The van der Waals surface area contributed by atoms with Gasteiger partial charge in [-0.25, -0.2) is 0 Å². The first-order chi connectivity index (χ1) is 5.11. The summed E-state index contributed by atoms with van der Waals surface area (Å²) in [5, 5.41) is 0. The molecule has 0 heterocycles. The summed E-state index contributed by atoms with van der Waals surface area (Å²) in [6.07, 6.45) is 0.779. The molecule has 0 aliphatic carbocycles. The van der Waals surface area contributed by atoms with Gasteiger partial charge in [0.25, 0.3) is 0 Å². The Kier molecular flexibility index (Phi) is 4.86. The van der Waals surface area contributed by atoms with E-state index in [0.29, 0.717) is 0 Å². The molecule has 0 bridgehead atoms. The molecule has 0 amide bonds. The summed E-state index contributed by atoms with van der Waals surface area (Å²) in [6.45, 7) is 6.36. The number of nitrogens with zero attached hydrogens (tertiary/aromatic N) is 1. The zero-order chi connectivity index (χ0) is 8.85. The Morgan fingerprint density at radius 2 is 2.09 bits per heavy atom. The Bertz CT molecular complexity index is 125. The summed E-state index contributed by atoms with van der Waals surface area (Å²) in [7, 11) is 1.94. The number of rotatable bonds is 4. The summed E-state index contributed by atoms with van der Waals surface area (Å²) >= 11 is 0. The lowest BCUT2D eigenvalue weighted by Crippen LogP contribution is -2.34. The van der Waals surface area contributed by atoms with E-state index < -0.39 is 0 Å². The highest BCUT2D eigenvalue weighted by atomic mass is 16.6. The maximum Gasteiger partial charge on any atom is 0.304 e. The van der Waals surface area contributed by atoms with E-state index in [0.717, 1.165) is 13.0 Å². The largest absolute Gasteiger partial charge is 0.447 e. The van der Waals surface area contributed by atoms with Crippen molar-refractivity contribution in [3.8, 4) is 0 Å². The van der Waals surface area contributed by atoms with Crippen LogP contribution in [0.5, 0.6) is 0 Å². The molecule has 3 heteroatoms. The predicted octanol–water partition coefficient (Wildman–Crippen LogP) is 1.24. The van der Waals surface area contributed by atoms with Crippen LogP contribution in [0.2, 0.25) is 0 Å². The maximum absolute atomic E-state index is 10.6. The van der Waals surface area contributed by atoms with Crippen molar-refractivity contribution >= 4 is 5.97 Å². The average Bonchev–Trinajstić information content (AvgIpc) is 1.98. The van der Waals surface area contributed by atoms with Crippen LogP contribution in [-0.2, 0) is 9.53 Å². The first kappa shape index (κ1) is 10.4. The monoisotopic (exact) mass is 159 g/mol. The zero-order valence-corrected chi connectivity index (χ0v) is 7.76. The van der Waals surface area contributed by atoms with Gasteiger partial charge < -0.3 is 4.74 Å². The topological polar surface area (TPSA) is 29.5 Å². The molecule has 0 radical (unpaired) electrons. The second kappa shape index (κ2) is 5.13. The molecule has 0 spiro atoms. The van der Waals surface area contributed by atoms with Crippen molar-refractivity contribution in [2.75, 3.05) is 13.6 Å². The van der Waals surface area contributed by atoms with Gasteiger partial charge in [-0.2, -0.15) is 0 Å². The van der Waals surface area contributed by atoms with E-state index in [9.17, 15) is 4.79 Å². The molecule has 11 heavy (non-hydrogen) atoms. The van der Waals surface area contributed by atoms with Gasteiger partial charge in [0.2, 0.25) is 0 Å². The van der Waals surface area contributed by atoms with E-state index in [2.05, 4.69) is 0 Å². The van der Waals surface area contributed by atoms with E-state index in [4.69, 9.17) is 4.74 Å². The van der Waals surface area contributed by atoms with Crippen molar-refractivity contribution in [3.05, 3.63) is 0 Å². The molecule has 66 valence electrons. The van der Waals surface area contributed by atoms with Crippen molar-refractivity contribution in [3.63, 3.8) is 0 Å². The second-order valence-electron chi connectivity index (χ2n) is 2.55. The summed E-state index contributed by atoms with van der Waals surface area (Å²) in [4.78, 5) is 12.6. The van der Waals surface area contributed by atoms with E-state index in [-0.39, 0.29) is 12.2 Å². The van der Waals surface area contributed by atoms with Gasteiger partial charge in [-0.15, -0.1) is 0 Å². The third-order valence-corrected chi connectivity index (χ3v) is 1.64. The van der Waals surface area contributed by atoms with Gasteiger partial charge in [0.05, 0.1) is 0 Å². The third kappa shape index (κ3) is 3.98. The summed E-state index contributed by atoms with van der Waals surface area (Å²) in [5.74, 6) is -0.211. The van der Waals surface area contributed by atoms with E-state index in [1.54, 1.807) is 0 Å². The van der Waals surface area contributed by atoms with Gasteiger partial charge in [0.1, 0.15) is 0 Å². The second-order valence-corrected chi connectivity index (χ2v) is 2.55. The lowest BCUT2D eigenvalue weighted by molar-refractivity contribution is -0.155. The van der Waals surface area contributed by atoms with Gasteiger partial charge in [-0.1, -0.05) is 13.8 Å². The molecule has 0 saturated heterocycles. The minimum atomic E-state index is -0.211. The molecule has 1 atom stereocenters. The highest BCUT2D eigenvalue weighted by Crippen LogP contribution is 2.02. The van der Waals surface area contributed by atoms with Crippen molar-refractivity contribution in [1.82, 2.24) is 4.90 Å². The first-order valence-electron chi connectivity index (χ1n) is 3.99. The van der Waals surface area contributed by atoms with Crippen LogP contribution in [0, 0.1) is 0 Å². The predicted molar refractivity (Wildman–Crippen MR) is 44.1 cm³/mol. The number of esters is 1. The van der Waals surface area contributed by atoms with Gasteiger partial charge in [0, 0.05) is 6.92 Å². The fourth-order valence-corrected chi connectivity index (χ4v) is 0.880. The Hall–Kier alpha value is -0.570. The van der Waals surface area contributed by atoms with Crippen LogP contribution < -0.4 is 0 Å². The van der Waals surface area contributed by atoms with Crippen LogP contribution in [0.25, 0.3) is 0 Å². The van der Waals surface area contributed by atoms with Crippen molar-refractivity contribution in [2.24, 2.45) is 0 Å². The van der Waals surface area contributed by atoms with Crippen LogP contribution in [0.3, 0.4) is 0 Å². The molecular formula is C8H17NO2. The molecule has 0 aromatic carbocycles. The van der Waals surface area contributed by atoms with E-state index in [1.165, 1.54) is 6.92 Å². The fraction of sp³-hybridized carbons (Fsp3) is 0.875. The van der Waals surface area contributed by atoms with Crippen LogP contribution in [0.1, 0.15) is 27.2 Å². The van der Waals surface area contributed by atoms with Gasteiger partial charge >= 0.3 is 5.97 Å². The summed E-state index contributed by atoms with van der Waals surface area (Å²) in [5.41, 5.74) is 0. The van der Waals surface area contributed by atoms with Crippen LogP contribution >= 0.6 is 0 Å². The molecule has 0 saturated carbocycles. The molecule has 0 aromatic rings. The van der Waals surface area contributed by atoms with Gasteiger partial charge in [0.15, 0.2) is 6.23 Å². The lowest BCUT2D eigenvalue weighted by Gasteiger charge is -2.24. The van der Waals surface area contributed by atoms with E-state index >= 15 is 0 Å². The number of hydrogen-bond acceptors (Lipinski definition) is 3. The smallest absolute Gasteiger partial charge is 0.304 e. The fourth-order valence-electron chi connectivity index (χ4n) is 0.880. The molecular weight excluding hydrogens is 142 g/mol. The quantitative estimate of drug-likeness (QED) is 0.456. The summed E-state index contributed by atoms with van der Waals surface area (Å²) < 4.78 is 5.04. The molecule has 0 rings (SSSR count). The zero-order valence-electron chi connectivity index (χ0n) is 7.76. The Balaban J connectivity index is 3.84. The van der Waals surface area contributed by atoms with Gasteiger partial charge in [-0.3, -0.25) is 9.69 Å². The SMILES string of the molecule is CCC(OC(C)=O)N(C)CC. The van der Waals surface area contributed by atoms with Crippen molar-refractivity contribution in [2.45, 2.75) is 33.4 Å². The third-order valence-electron chi connectivity index (χ3n) is 1.64. The maximum atomic E-state index is 10.6. The Morgan fingerprint density at radius 1 is 1.55 bits per heavy atom. The minimum Gasteiger partial charge on any atom is -0.447 e. The number of hydrogen-bond donors (Lipinski definition) is 0. The molecule has 0 aliphatic heterocycles. The van der Waals surface area contributed by atoms with Crippen LogP contribution in [0.4, 0.5) is 0 Å². The first-order valence-corrected chi connectivity index (χ1v) is 3.99.